The predicted octanol–water partition coefficient (Wildman–Crippen LogP) is 3.10. The lowest BCUT2D eigenvalue weighted by molar-refractivity contribution is 0.446. The van der Waals surface area contributed by atoms with Gasteiger partial charge in [-0.05, 0) is 12.3 Å². The zero-order valence-electron chi connectivity index (χ0n) is 8.43. The summed E-state index contributed by atoms with van der Waals surface area (Å²) in [6, 6.07) is 1.70. The zero-order valence-corrected chi connectivity index (χ0v) is 8.43. The van der Waals surface area contributed by atoms with Gasteiger partial charge in [-0.25, -0.2) is 0 Å². The van der Waals surface area contributed by atoms with Crippen LogP contribution in [0.5, 0.6) is 17.2 Å². The predicted molar refractivity (Wildman–Crippen MR) is 51.6 cm³/mol. The van der Waals surface area contributed by atoms with Gasteiger partial charge in [0.15, 0.2) is 11.5 Å². The van der Waals surface area contributed by atoms with Crippen LogP contribution in [0.15, 0.2) is 6.07 Å². The first-order valence-electron chi connectivity index (χ1n) is 4.46. The molecular weight excluding hydrogens is 164 g/mol. The number of phenolic OH excluding ortho intramolecular Hbond substituents is 1. The van der Waals surface area contributed by atoms with Crippen LogP contribution < -0.4 is 4.74 Å². The minimum Gasteiger partial charge on any atom is -0.507 e. The summed E-state index contributed by atoms with van der Waals surface area (Å²) in [5.41, 5.74) is 2.03. The van der Waals surface area contributed by atoms with Crippen LogP contribution >= 0.6 is 0 Å². The molecule has 0 atom stereocenters. The highest BCUT2D eigenvalue weighted by molar-refractivity contribution is 5.66. The maximum atomic E-state index is 9.76. The van der Waals surface area contributed by atoms with Crippen molar-refractivity contribution in [2.24, 2.45) is 0 Å². The van der Waals surface area contributed by atoms with E-state index in [9.17, 15) is 5.11 Å². The van der Waals surface area contributed by atoms with Crippen LogP contribution in [0.25, 0.3) is 0 Å². The van der Waals surface area contributed by atoms with Crippen molar-refractivity contribution in [3.63, 3.8) is 0 Å². The molecule has 0 radical (unpaired) electrons. The van der Waals surface area contributed by atoms with Crippen molar-refractivity contribution in [3.8, 4) is 17.2 Å². The molecule has 0 aromatic heterocycles. The van der Waals surface area contributed by atoms with Crippen molar-refractivity contribution in [1.82, 2.24) is 0 Å². The molecule has 1 aromatic carbocycles. The van der Waals surface area contributed by atoms with Crippen molar-refractivity contribution in [2.45, 2.75) is 33.1 Å². The molecule has 2 heteroatoms. The molecule has 0 amide bonds. The third-order valence-corrected chi connectivity index (χ3v) is 2.38. The molecule has 1 aliphatic heterocycles. The topological polar surface area (TPSA) is 32.8 Å². The molecule has 0 saturated heterocycles. The average molecular weight is 178 g/mol. The van der Waals surface area contributed by atoms with Crippen LogP contribution in [0.2, 0.25) is 0 Å². The fourth-order valence-electron chi connectivity index (χ4n) is 1.89. The van der Waals surface area contributed by atoms with E-state index in [4.69, 9.17) is 4.74 Å². The van der Waals surface area contributed by atoms with E-state index in [0.29, 0.717) is 5.75 Å². The summed E-state index contributed by atoms with van der Waals surface area (Å²) in [7, 11) is 0. The minimum absolute atomic E-state index is 0.0326. The number of phenols is 1. The van der Waals surface area contributed by atoms with Gasteiger partial charge >= 0.3 is 0 Å². The number of ether oxygens (including phenoxy) is 1. The smallest absolute Gasteiger partial charge is 0.174 e. The van der Waals surface area contributed by atoms with Crippen LogP contribution in [0.3, 0.4) is 0 Å². The lowest BCUT2D eigenvalue weighted by Crippen LogP contribution is -2.12. The molecule has 1 N–H and O–H groups in total. The molecule has 1 aromatic rings. The SMILES string of the molecule is Cc1c2c(cc(O)c1C(C)(C)C)O2. The van der Waals surface area contributed by atoms with Gasteiger partial charge in [0, 0.05) is 17.2 Å². The lowest BCUT2D eigenvalue weighted by Gasteiger charge is -2.21. The Morgan fingerprint density at radius 3 is 2.46 bits per heavy atom. The highest BCUT2D eigenvalue weighted by atomic mass is 16.6. The normalized spacial score (nSPS) is 13.5. The van der Waals surface area contributed by atoms with Crippen molar-refractivity contribution < 1.29 is 9.84 Å². The fraction of sp³-hybridized carbons (Fsp3) is 0.455. The molecule has 0 fully saturated rings. The molecule has 0 spiro atoms. The molecule has 0 unspecified atom stereocenters. The lowest BCUT2D eigenvalue weighted by atomic mass is 9.83. The minimum atomic E-state index is -0.0326. The molecule has 2 nitrogen and oxygen atoms in total. The molecule has 1 aliphatic rings. The third-order valence-electron chi connectivity index (χ3n) is 2.38. The summed E-state index contributed by atoms with van der Waals surface area (Å²) in [5.74, 6) is 2.12. The summed E-state index contributed by atoms with van der Waals surface area (Å²) in [6.07, 6.45) is 0. The summed E-state index contributed by atoms with van der Waals surface area (Å²) in [5, 5.41) is 9.76. The van der Waals surface area contributed by atoms with Gasteiger partial charge < -0.3 is 9.84 Å². The number of hydrogen-bond acceptors (Lipinski definition) is 2. The molecule has 0 saturated carbocycles. The molecule has 2 rings (SSSR count). The number of aromatic hydroxyl groups is 1. The zero-order chi connectivity index (χ0) is 9.80. The third kappa shape index (κ3) is 1.17. The van der Waals surface area contributed by atoms with Crippen molar-refractivity contribution in [2.75, 3.05) is 0 Å². The van der Waals surface area contributed by atoms with Gasteiger partial charge in [0.25, 0.3) is 0 Å². The summed E-state index contributed by atoms with van der Waals surface area (Å²) in [4.78, 5) is 0. The quantitative estimate of drug-likeness (QED) is 0.629. The van der Waals surface area contributed by atoms with Gasteiger partial charge in [-0.2, -0.15) is 0 Å². The maximum Gasteiger partial charge on any atom is 0.174 e. The Hall–Kier alpha value is -1.18. The van der Waals surface area contributed by atoms with Crippen LogP contribution in [-0.2, 0) is 5.41 Å². The molecule has 70 valence electrons. The van der Waals surface area contributed by atoms with Crippen LogP contribution in [0.4, 0.5) is 0 Å². The Balaban J connectivity index is 2.65. The first-order chi connectivity index (χ1) is 5.91. The number of hydrogen-bond donors (Lipinski definition) is 1. The Morgan fingerprint density at radius 2 is 1.92 bits per heavy atom. The van der Waals surface area contributed by atoms with E-state index in [1.165, 1.54) is 0 Å². The van der Waals surface area contributed by atoms with E-state index in [1.807, 2.05) is 6.92 Å². The first kappa shape index (κ1) is 8.42. The molecule has 0 aliphatic carbocycles. The second-order valence-electron chi connectivity index (χ2n) is 4.58. The highest BCUT2D eigenvalue weighted by Gasteiger charge is 2.31. The van der Waals surface area contributed by atoms with Gasteiger partial charge in [-0.1, -0.05) is 20.8 Å². The van der Waals surface area contributed by atoms with E-state index in [1.54, 1.807) is 6.07 Å². The molecular formula is C11H14O2. The van der Waals surface area contributed by atoms with Gasteiger partial charge in [0.05, 0.1) is 0 Å². The van der Waals surface area contributed by atoms with Crippen LogP contribution in [0.1, 0.15) is 31.9 Å². The summed E-state index contributed by atoms with van der Waals surface area (Å²) < 4.78 is 5.22. The van der Waals surface area contributed by atoms with E-state index < -0.39 is 0 Å². The second kappa shape index (κ2) is 2.19. The highest BCUT2D eigenvalue weighted by Crippen LogP contribution is 2.54. The monoisotopic (exact) mass is 178 g/mol. The van der Waals surface area contributed by atoms with E-state index in [-0.39, 0.29) is 5.41 Å². The Bertz CT molecular complexity index is 373. The summed E-state index contributed by atoms with van der Waals surface area (Å²) in [6.45, 7) is 8.25. The van der Waals surface area contributed by atoms with Crippen molar-refractivity contribution in [3.05, 3.63) is 17.2 Å². The Morgan fingerprint density at radius 1 is 1.31 bits per heavy atom. The molecule has 0 bridgehead atoms. The molecule has 13 heavy (non-hydrogen) atoms. The maximum absolute atomic E-state index is 9.76. The van der Waals surface area contributed by atoms with Crippen LogP contribution in [0, 0.1) is 6.92 Å². The number of rotatable bonds is 0. The second-order valence-corrected chi connectivity index (χ2v) is 4.58. The molecule has 1 heterocycles. The van der Waals surface area contributed by atoms with Crippen LogP contribution in [-0.4, -0.2) is 5.11 Å². The van der Waals surface area contributed by atoms with Gasteiger partial charge in [0.1, 0.15) is 5.75 Å². The first-order valence-corrected chi connectivity index (χ1v) is 4.46. The fourth-order valence-corrected chi connectivity index (χ4v) is 1.89. The van der Waals surface area contributed by atoms with E-state index in [0.717, 1.165) is 22.6 Å². The number of fused-ring (bicyclic) bond motifs is 1. The van der Waals surface area contributed by atoms with Gasteiger partial charge in [-0.15, -0.1) is 0 Å². The standard InChI is InChI=1S/C11H14O2/c1-6-9(11(2,3)4)7(12)5-8-10(6)13-8/h5,12H,1-4H3. The average Bonchev–Trinajstić information content (AvgIpc) is 2.62. The Kier molecular flexibility index (Phi) is 1.42. The van der Waals surface area contributed by atoms with Gasteiger partial charge in [-0.3, -0.25) is 0 Å². The van der Waals surface area contributed by atoms with E-state index >= 15 is 0 Å². The van der Waals surface area contributed by atoms with Crippen molar-refractivity contribution in [1.29, 1.82) is 0 Å². The van der Waals surface area contributed by atoms with Gasteiger partial charge in [0.2, 0.25) is 0 Å². The number of benzene rings is 1. The van der Waals surface area contributed by atoms with E-state index in [2.05, 4.69) is 20.8 Å². The summed E-state index contributed by atoms with van der Waals surface area (Å²) >= 11 is 0. The van der Waals surface area contributed by atoms with Crippen molar-refractivity contribution >= 4 is 0 Å². The Labute approximate surface area is 78.2 Å². The largest absolute Gasteiger partial charge is 0.507 e.